The van der Waals surface area contributed by atoms with Crippen LogP contribution in [0.15, 0.2) is 0 Å². The maximum atomic E-state index is 6.47. The quantitative estimate of drug-likeness (QED) is 0.769. The highest BCUT2D eigenvalue weighted by molar-refractivity contribution is 4.95. The third-order valence-electron chi connectivity index (χ3n) is 4.94. The second-order valence-electron chi connectivity index (χ2n) is 5.98. The largest absolute Gasteiger partial charge is 0.377 e. The molecule has 1 saturated carbocycles. The van der Waals surface area contributed by atoms with Crippen LogP contribution in [-0.2, 0) is 4.74 Å². The Balaban J connectivity index is 2.59. The van der Waals surface area contributed by atoms with Crippen molar-refractivity contribution in [2.75, 3.05) is 7.11 Å². The molecule has 0 aromatic rings. The molecule has 0 spiro atoms. The van der Waals surface area contributed by atoms with E-state index in [1.807, 2.05) is 7.11 Å². The maximum absolute atomic E-state index is 6.47. The molecule has 0 aliphatic heterocycles. The molecule has 0 heterocycles. The molecule has 0 aromatic heterocycles. The minimum Gasteiger partial charge on any atom is -0.377 e. The van der Waals surface area contributed by atoms with Gasteiger partial charge in [-0.05, 0) is 43.9 Å². The van der Waals surface area contributed by atoms with Gasteiger partial charge >= 0.3 is 0 Å². The first-order valence-corrected chi connectivity index (χ1v) is 7.38. The van der Waals surface area contributed by atoms with Crippen LogP contribution in [0.25, 0.3) is 0 Å². The van der Waals surface area contributed by atoms with Crippen LogP contribution in [0, 0.1) is 11.8 Å². The Morgan fingerprint density at radius 2 is 1.76 bits per heavy atom. The van der Waals surface area contributed by atoms with Crippen LogP contribution >= 0.6 is 0 Å². The average Bonchev–Trinajstić information content (AvgIpc) is 2.37. The molecule has 0 aromatic carbocycles. The number of rotatable bonds is 6. The van der Waals surface area contributed by atoms with Gasteiger partial charge in [-0.1, -0.05) is 33.6 Å². The molecule has 1 rings (SSSR count). The lowest BCUT2D eigenvalue weighted by Crippen LogP contribution is -2.52. The monoisotopic (exact) mass is 241 g/mol. The summed E-state index contributed by atoms with van der Waals surface area (Å²) in [7, 11) is 1.85. The van der Waals surface area contributed by atoms with E-state index in [4.69, 9.17) is 10.5 Å². The second-order valence-corrected chi connectivity index (χ2v) is 5.98. The topological polar surface area (TPSA) is 35.2 Å². The van der Waals surface area contributed by atoms with E-state index in [2.05, 4.69) is 20.8 Å². The van der Waals surface area contributed by atoms with Gasteiger partial charge in [0.1, 0.15) is 0 Å². The lowest BCUT2D eigenvalue weighted by atomic mass is 9.73. The first kappa shape index (κ1) is 15.0. The summed E-state index contributed by atoms with van der Waals surface area (Å²) in [5.74, 6) is 1.61. The Morgan fingerprint density at radius 3 is 2.18 bits per heavy atom. The van der Waals surface area contributed by atoms with Crippen LogP contribution in [-0.4, -0.2) is 18.8 Å². The fourth-order valence-electron chi connectivity index (χ4n) is 3.17. The molecule has 1 aliphatic rings. The molecule has 102 valence electrons. The number of hydrogen-bond acceptors (Lipinski definition) is 2. The van der Waals surface area contributed by atoms with E-state index < -0.39 is 0 Å². The Morgan fingerprint density at radius 1 is 1.24 bits per heavy atom. The van der Waals surface area contributed by atoms with Gasteiger partial charge in [0.05, 0.1) is 5.60 Å². The van der Waals surface area contributed by atoms with Gasteiger partial charge in [0.2, 0.25) is 0 Å². The summed E-state index contributed by atoms with van der Waals surface area (Å²) in [5.41, 5.74) is 6.43. The lowest BCUT2D eigenvalue weighted by molar-refractivity contribution is -0.0707. The van der Waals surface area contributed by atoms with Gasteiger partial charge in [-0.25, -0.2) is 0 Å². The Hall–Kier alpha value is -0.0800. The molecule has 1 aliphatic carbocycles. The maximum Gasteiger partial charge on any atom is 0.0829 e. The zero-order chi connectivity index (χ0) is 12.9. The van der Waals surface area contributed by atoms with E-state index in [-0.39, 0.29) is 11.6 Å². The number of methoxy groups -OCH3 is 1. The van der Waals surface area contributed by atoms with E-state index in [0.29, 0.717) is 0 Å². The average molecular weight is 241 g/mol. The van der Waals surface area contributed by atoms with Crippen molar-refractivity contribution >= 4 is 0 Å². The van der Waals surface area contributed by atoms with Crippen molar-refractivity contribution in [3.05, 3.63) is 0 Å². The minimum absolute atomic E-state index is 0.0326. The third-order valence-corrected chi connectivity index (χ3v) is 4.94. The molecule has 17 heavy (non-hydrogen) atoms. The fourth-order valence-corrected chi connectivity index (χ4v) is 3.17. The van der Waals surface area contributed by atoms with Crippen molar-refractivity contribution in [3.8, 4) is 0 Å². The second kappa shape index (κ2) is 6.75. The molecular weight excluding hydrogens is 210 g/mol. The summed E-state index contributed by atoms with van der Waals surface area (Å²) in [5, 5.41) is 0. The molecule has 2 N–H and O–H groups in total. The van der Waals surface area contributed by atoms with E-state index in [9.17, 15) is 0 Å². The summed E-state index contributed by atoms with van der Waals surface area (Å²) in [6.07, 6.45) is 8.42. The van der Waals surface area contributed by atoms with Gasteiger partial charge in [0.25, 0.3) is 0 Å². The van der Waals surface area contributed by atoms with Crippen molar-refractivity contribution in [3.63, 3.8) is 0 Å². The Bertz CT molecular complexity index is 205. The molecule has 0 saturated heterocycles. The van der Waals surface area contributed by atoms with Crippen LogP contribution in [0.2, 0.25) is 0 Å². The molecule has 1 fully saturated rings. The lowest BCUT2D eigenvalue weighted by Gasteiger charge is -2.43. The summed E-state index contributed by atoms with van der Waals surface area (Å²) < 4.78 is 5.85. The van der Waals surface area contributed by atoms with Crippen molar-refractivity contribution in [1.29, 1.82) is 0 Å². The van der Waals surface area contributed by atoms with E-state index in [1.165, 1.54) is 25.7 Å². The SMILES string of the molecule is CCC(CC)CC(N)C1(OC)CCC(C)CC1. The molecule has 1 unspecified atom stereocenters. The third kappa shape index (κ3) is 3.69. The van der Waals surface area contributed by atoms with Crippen molar-refractivity contribution in [1.82, 2.24) is 0 Å². The Kier molecular flexibility index (Phi) is 5.94. The van der Waals surface area contributed by atoms with Gasteiger partial charge in [-0.2, -0.15) is 0 Å². The predicted molar refractivity (Wildman–Crippen MR) is 74.0 cm³/mol. The predicted octanol–water partition coefficient (Wildman–Crippen LogP) is 3.74. The molecule has 1 atom stereocenters. The normalized spacial score (nSPS) is 31.8. The van der Waals surface area contributed by atoms with Crippen LogP contribution in [0.3, 0.4) is 0 Å². The zero-order valence-corrected chi connectivity index (χ0v) is 12.2. The molecule has 0 amide bonds. The zero-order valence-electron chi connectivity index (χ0n) is 12.2. The molecule has 0 radical (unpaired) electrons. The molecule has 2 heteroatoms. The van der Waals surface area contributed by atoms with E-state index in [0.717, 1.165) is 31.1 Å². The summed E-state index contributed by atoms with van der Waals surface area (Å²) >= 11 is 0. The van der Waals surface area contributed by atoms with Crippen LogP contribution < -0.4 is 5.73 Å². The van der Waals surface area contributed by atoms with Gasteiger partial charge in [0, 0.05) is 13.2 Å². The first-order chi connectivity index (χ1) is 8.07. The molecule has 2 nitrogen and oxygen atoms in total. The highest BCUT2D eigenvalue weighted by Crippen LogP contribution is 2.38. The number of ether oxygens (including phenoxy) is 1. The Labute approximate surface area is 107 Å². The van der Waals surface area contributed by atoms with E-state index in [1.54, 1.807) is 0 Å². The summed E-state index contributed by atoms with van der Waals surface area (Å²) in [4.78, 5) is 0. The summed E-state index contributed by atoms with van der Waals surface area (Å²) in [6.45, 7) is 6.87. The summed E-state index contributed by atoms with van der Waals surface area (Å²) in [6, 6.07) is 0.213. The highest BCUT2D eigenvalue weighted by atomic mass is 16.5. The molecule has 0 bridgehead atoms. The fraction of sp³-hybridized carbons (Fsp3) is 1.00. The van der Waals surface area contributed by atoms with Crippen molar-refractivity contribution in [2.24, 2.45) is 17.6 Å². The van der Waals surface area contributed by atoms with Crippen LogP contribution in [0.1, 0.15) is 65.7 Å². The highest BCUT2D eigenvalue weighted by Gasteiger charge is 2.40. The minimum atomic E-state index is -0.0326. The number of hydrogen-bond donors (Lipinski definition) is 1. The van der Waals surface area contributed by atoms with Gasteiger partial charge in [-0.3, -0.25) is 0 Å². The first-order valence-electron chi connectivity index (χ1n) is 7.38. The standard InChI is InChI=1S/C15H31NO/c1-5-13(6-2)11-14(16)15(17-4)9-7-12(3)8-10-15/h12-14H,5-11,16H2,1-4H3. The smallest absolute Gasteiger partial charge is 0.0829 e. The van der Waals surface area contributed by atoms with Gasteiger partial charge in [-0.15, -0.1) is 0 Å². The van der Waals surface area contributed by atoms with Gasteiger partial charge in [0.15, 0.2) is 0 Å². The van der Waals surface area contributed by atoms with Crippen molar-refractivity contribution in [2.45, 2.75) is 77.4 Å². The molecular formula is C15H31NO. The van der Waals surface area contributed by atoms with Crippen molar-refractivity contribution < 1.29 is 4.74 Å². The number of nitrogens with two attached hydrogens (primary N) is 1. The van der Waals surface area contributed by atoms with Gasteiger partial charge < -0.3 is 10.5 Å². The van der Waals surface area contributed by atoms with Crippen LogP contribution in [0.5, 0.6) is 0 Å². The van der Waals surface area contributed by atoms with Crippen LogP contribution in [0.4, 0.5) is 0 Å². The van der Waals surface area contributed by atoms with E-state index >= 15 is 0 Å².